The molecule has 0 bridgehead atoms. The Bertz CT molecular complexity index is 804. The maximum atomic E-state index is 12.9. The van der Waals surface area contributed by atoms with Gasteiger partial charge in [-0.2, -0.15) is 15.0 Å². The van der Waals surface area contributed by atoms with Crippen molar-refractivity contribution in [3.8, 4) is 6.01 Å². The summed E-state index contributed by atoms with van der Waals surface area (Å²) in [6.45, 7) is 0.388. The molecule has 0 aliphatic heterocycles. The van der Waals surface area contributed by atoms with E-state index in [0.29, 0.717) is 23.5 Å². The van der Waals surface area contributed by atoms with Gasteiger partial charge in [0.25, 0.3) is 11.9 Å². The van der Waals surface area contributed by atoms with Gasteiger partial charge in [-0.1, -0.05) is 0 Å². The fourth-order valence-corrected chi connectivity index (χ4v) is 2.46. The Kier molecular flexibility index (Phi) is 4.26. The molecule has 2 N–H and O–H groups in total. The highest BCUT2D eigenvalue weighted by molar-refractivity contribution is 7.09. The summed E-state index contributed by atoms with van der Waals surface area (Å²) >= 11 is 7.34. The fraction of sp³-hybridized carbons (Fsp3) is 0.333. The number of H-pyrrole nitrogens is 1. The van der Waals surface area contributed by atoms with Crippen LogP contribution in [0, 0.1) is 0 Å². The highest BCUT2D eigenvalue weighted by Gasteiger charge is 2.23. The lowest BCUT2D eigenvalue weighted by atomic mass is 10.4. The molecule has 0 atom stereocenters. The van der Waals surface area contributed by atoms with Crippen molar-refractivity contribution in [3.05, 3.63) is 21.9 Å². The molecule has 3 heterocycles. The zero-order valence-corrected chi connectivity index (χ0v) is 13.4. The van der Waals surface area contributed by atoms with E-state index in [4.69, 9.17) is 16.3 Å². The van der Waals surface area contributed by atoms with E-state index in [2.05, 4.69) is 30.2 Å². The summed E-state index contributed by atoms with van der Waals surface area (Å²) in [5.41, 5.74) is 0.640. The number of hydrogen-bond acceptors (Lipinski definition) is 7. The molecular weight excluding hydrogens is 350 g/mol. The number of thiazole rings is 1. The zero-order valence-electron chi connectivity index (χ0n) is 11.8. The summed E-state index contributed by atoms with van der Waals surface area (Å²) < 4.78 is 30.6. The van der Waals surface area contributed by atoms with Crippen molar-refractivity contribution in [3.63, 3.8) is 0 Å². The molecule has 122 valence electrons. The average molecular weight is 361 g/mol. The fourth-order valence-electron chi connectivity index (χ4n) is 1.74. The van der Waals surface area contributed by atoms with Crippen LogP contribution in [0.15, 0.2) is 11.6 Å². The molecule has 0 saturated carbocycles. The number of rotatable bonds is 6. The van der Waals surface area contributed by atoms with Crippen LogP contribution < -0.4 is 10.1 Å². The predicted molar refractivity (Wildman–Crippen MR) is 82.3 cm³/mol. The summed E-state index contributed by atoms with van der Waals surface area (Å²) in [5, 5.41) is 5.74. The van der Waals surface area contributed by atoms with Crippen molar-refractivity contribution in [2.24, 2.45) is 0 Å². The quantitative estimate of drug-likeness (QED) is 0.657. The van der Waals surface area contributed by atoms with Gasteiger partial charge in [-0.05, 0) is 11.6 Å². The molecule has 0 unspecified atom stereocenters. The van der Waals surface area contributed by atoms with Crippen LogP contribution in [0.5, 0.6) is 6.01 Å². The molecule has 11 heteroatoms. The minimum Gasteiger partial charge on any atom is -0.458 e. The van der Waals surface area contributed by atoms with Crippen LogP contribution in [0.4, 0.5) is 14.6 Å². The summed E-state index contributed by atoms with van der Waals surface area (Å²) in [5.74, 6) is -2.60. The Balaban J connectivity index is 1.83. The Morgan fingerprint density at radius 3 is 2.91 bits per heavy atom. The minimum atomic E-state index is -2.96. The molecule has 3 aromatic rings. The van der Waals surface area contributed by atoms with Crippen LogP contribution in [0.1, 0.15) is 11.9 Å². The van der Waals surface area contributed by atoms with Gasteiger partial charge in [-0.3, -0.25) is 4.98 Å². The van der Waals surface area contributed by atoms with E-state index in [1.165, 1.54) is 11.3 Å². The third-order valence-corrected chi connectivity index (χ3v) is 3.60. The van der Waals surface area contributed by atoms with E-state index in [-0.39, 0.29) is 11.3 Å². The molecule has 0 amide bonds. The number of nitrogens with zero attached hydrogens (tertiary/aromatic N) is 4. The van der Waals surface area contributed by atoms with Crippen LogP contribution >= 0.6 is 22.9 Å². The molecule has 3 rings (SSSR count). The van der Waals surface area contributed by atoms with Gasteiger partial charge < -0.3 is 10.1 Å². The molecular formula is C12H11ClF2N6OS. The number of halogens is 3. The number of ether oxygens (including phenoxy) is 1. The first-order chi connectivity index (χ1) is 10.9. The molecule has 7 nitrogen and oxygen atoms in total. The van der Waals surface area contributed by atoms with E-state index in [0.717, 1.165) is 11.9 Å². The Labute approximate surface area is 138 Å². The van der Waals surface area contributed by atoms with Gasteiger partial charge in [0.2, 0.25) is 5.28 Å². The lowest BCUT2D eigenvalue weighted by Gasteiger charge is -2.08. The van der Waals surface area contributed by atoms with Crippen LogP contribution in [0.25, 0.3) is 11.2 Å². The van der Waals surface area contributed by atoms with Crippen molar-refractivity contribution in [1.82, 2.24) is 24.9 Å². The number of anilines is 1. The van der Waals surface area contributed by atoms with Crippen molar-refractivity contribution in [2.75, 3.05) is 11.9 Å². The molecule has 0 spiro atoms. The molecule has 3 aromatic heterocycles. The van der Waals surface area contributed by atoms with E-state index in [1.807, 2.05) is 5.38 Å². The van der Waals surface area contributed by atoms with Gasteiger partial charge in [0, 0.05) is 18.5 Å². The smallest absolute Gasteiger partial charge is 0.296 e. The molecule has 0 saturated heterocycles. The van der Waals surface area contributed by atoms with Crippen molar-refractivity contribution < 1.29 is 13.5 Å². The summed E-state index contributed by atoms with van der Waals surface area (Å²) in [4.78, 5) is 18.9. The first-order valence-electron chi connectivity index (χ1n) is 6.47. The van der Waals surface area contributed by atoms with Gasteiger partial charge in [0.1, 0.15) is 5.01 Å². The Hall–Kier alpha value is -2.07. The molecule has 0 aliphatic carbocycles. The van der Waals surface area contributed by atoms with Crippen LogP contribution in [0.3, 0.4) is 0 Å². The number of alkyl halides is 2. The number of aromatic amines is 1. The number of fused-ring (bicyclic) bond motifs is 1. The highest BCUT2D eigenvalue weighted by Crippen LogP contribution is 2.24. The van der Waals surface area contributed by atoms with E-state index >= 15 is 0 Å². The molecule has 0 fully saturated rings. The summed E-state index contributed by atoms with van der Waals surface area (Å²) in [6, 6.07) is -0.0737. The van der Waals surface area contributed by atoms with E-state index in [9.17, 15) is 8.78 Å². The Morgan fingerprint density at radius 1 is 1.39 bits per heavy atom. The van der Waals surface area contributed by atoms with Gasteiger partial charge in [0.15, 0.2) is 23.6 Å². The van der Waals surface area contributed by atoms with Gasteiger partial charge >= 0.3 is 0 Å². The number of nitrogens with one attached hydrogen (secondary N) is 2. The molecule has 0 radical (unpaired) electrons. The second-order valence-electron chi connectivity index (χ2n) is 4.72. The highest BCUT2D eigenvalue weighted by atomic mass is 35.5. The first kappa shape index (κ1) is 15.8. The zero-order chi connectivity index (χ0) is 16.4. The van der Waals surface area contributed by atoms with E-state index in [1.54, 1.807) is 6.20 Å². The number of aromatic nitrogens is 5. The molecule has 0 aliphatic rings. The maximum Gasteiger partial charge on any atom is 0.296 e. The molecule has 0 aromatic carbocycles. The van der Waals surface area contributed by atoms with Crippen molar-refractivity contribution >= 4 is 39.9 Å². The largest absolute Gasteiger partial charge is 0.458 e. The van der Waals surface area contributed by atoms with Gasteiger partial charge in [-0.25, -0.2) is 13.8 Å². The number of hydrogen-bond donors (Lipinski definition) is 2. The minimum absolute atomic E-state index is 0.00448. The average Bonchev–Trinajstić information content (AvgIpc) is 3.10. The first-order valence-corrected chi connectivity index (χ1v) is 7.72. The standard InChI is InChI=1S/C12H11ClF2N6OS/c1-12(14,15)5-22-11-18-7-8(17-4-6-16-2-3-23-6)19-10(13)20-9(7)21-11/h2-3H,4-5H2,1H3,(H2,17,18,19,20,21). The second kappa shape index (κ2) is 6.20. The number of imidazole rings is 1. The lowest BCUT2D eigenvalue weighted by Crippen LogP contribution is -2.21. The SMILES string of the molecule is CC(F)(F)COc1nc2c(NCc3nccs3)nc(Cl)nc2[nH]1. The van der Waals surface area contributed by atoms with Crippen molar-refractivity contribution in [2.45, 2.75) is 19.4 Å². The predicted octanol–water partition coefficient (Wildman–Crippen LogP) is 3.11. The third kappa shape index (κ3) is 4.02. The Morgan fingerprint density at radius 2 is 2.22 bits per heavy atom. The topological polar surface area (TPSA) is 88.6 Å². The van der Waals surface area contributed by atoms with E-state index < -0.39 is 12.5 Å². The van der Waals surface area contributed by atoms with Crippen LogP contribution in [-0.4, -0.2) is 37.4 Å². The van der Waals surface area contributed by atoms with Crippen LogP contribution in [0.2, 0.25) is 5.28 Å². The summed E-state index contributed by atoms with van der Waals surface area (Å²) in [6.07, 6.45) is 1.69. The normalized spacial score (nSPS) is 11.8. The van der Waals surface area contributed by atoms with Crippen molar-refractivity contribution in [1.29, 1.82) is 0 Å². The maximum absolute atomic E-state index is 12.9. The summed E-state index contributed by atoms with van der Waals surface area (Å²) in [7, 11) is 0. The molecule has 23 heavy (non-hydrogen) atoms. The van der Waals surface area contributed by atoms with Gasteiger partial charge in [0.05, 0.1) is 6.54 Å². The van der Waals surface area contributed by atoms with Gasteiger partial charge in [-0.15, -0.1) is 11.3 Å². The third-order valence-electron chi connectivity index (χ3n) is 2.65. The monoisotopic (exact) mass is 360 g/mol. The second-order valence-corrected chi connectivity index (χ2v) is 6.04. The lowest BCUT2D eigenvalue weighted by molar-refractivity contribution is -0.0253. The van der Waals surface area contributed by atoms with Crippen LogP contribution in [-0.2, 0) is 6.54 Å².